The molecule has 0 saturated carbocycles. The maximum Gasteiger partial charge on any atom is 0.257 e. The molecule has 28 heavy (non-hydrogen) atoms. The average molecular weight is 380 g/mol. The Kier molecular flexibility index (Phi) is 6.09. The number of carbonyl (C=O) groups excluding carboxylic acids is 3. The Morgan fingerprint density at radius 1 is 1.11 bits per heavy atom. The monoisotopic (exact) mass is 380 g/mol. The van der Waals surface area contributed by atoms with E-state index in [1.54, 1.807) is 43.2 Å². The van der Waals surface area contributed by atoms with Gasteiger partial charge in [-0.25, -0.2) is 4.90 Å². The highest BCUT2D eigenvalue weighted by Gasteiger charge is 2.43. The molecule has 146 valence electrons. The van der Waals surface area contributed by atoms with E-state index in [0.717, 1.165) is 11.3 Å². The summed E-state index contributed by atoms with van der Waals surface area (Å²) in [5.74, 6) is 0.0159. The van der Waals surface area contributed by atoms with Gasteiger partial charge in [0.05, 0.1) is 19.2 Å². The zero-order chi connectivity index (χ0) is 20.1. The van der Waals surface area contributed by atoms with Gasteiger partial charge in [-0.3, -0.25) is 14.4 Å². The number of para-hydroxylation sites is 1. The highest BCUT2D eigenvalue weighted by molar-refractivity contribution is 6.23. The molecule has 1 heterocycles. The average Bonchev–Trinajstić information content (AvgIpc) is 3.02. The topological polar surface area (TPSA) is 66.9 Å². The van der Waals surface area contributed by atoms with Crippen LogP contribution >= 0.6 is 0 Å². The number of rotatable bonds is 7. The number of hydrogen-bond donors (Lipinski definition) is 0. The Labute approximate surface area is 164 Å². The van der Waals surface area contributed by atoms with E-state index in [9.17, 15) is 14.4 Å². The molecule has 2 aromatic carbocycles. The second-order valence-electron chi connectivity index (χ2n) is 6.66. The first kappa shape index (κ1) is 19.6. The van der Waals surface area contributed by atoms with E-state index in [-0.39, 0.29) is 30.6 Å². The molecule has 1 saturated heterocycles. The predicted molar refractivity (Wildman–Crippen MR) is 106 cm³/mol. The fourth-order valence-electron chi connectivity index (χ4n) is 3.41. The van der Waals surface area contributed by atoms with Crippen LogP contribution in [0.5, 0.6) is 5.75 Å². The molecule has 3 amide bonds. The zero-order valence-corrected chi connectivity index (χ0v) is 16.1. The van der Waals surface area contributed by atoms with E-state index in [0.29, 0.717) is 18.7 Å². The third kappa shape index (κ3) is 4.06. The van der Waals surface area contributed by atoms with Gasteiger partial charge in [0.1, 0.15) is 11.8 Å². The van der Waals surface area contributed by atoms with Gasteiger partial charge in [0, 0.05) is 13.0 Å². The molecular weight excluding hydrogens is 356 g/mol. The third-order valence-corrected chi connectivity index (χ3v) is 4.94. The first-order valence-corrected chi connectivity index (χ1v) is 9.39. The standard InChI is InChI=1S/C22H24N2O4/c1-3-20(25)23(14-13-16-9-11-18(28-2)12-10-16)19-15-21(26)24(22(19)27)17-7-5-4-6-8-17/h4-12,19H,3,13-15H2,1-2H3/t19-/m0/s1. The van der Waals surface area contributed by atoms with Crippen LogP contribution in [0.2, 0.25) is 0 Å². The molecule has 0 unspecified atom stereocenters. The number of benzene rings is 2. The third-order valence-electron chi connectivity index (χ3n) is 4.94. The fraction of sp³-hybridized carbons (Fsp3) is 0.318. The van der Waals surface area contributed by atoms with E-state index in [1.165, 1.54) is 4.90 Å². The van der Waals surface area contributed by atoms with Crippen LogP contribution < -0.4 is 9.64 Å². The van der Waals surface area contributed by atoms with Gasteiger partial charge in [0.15, 0.2) is 0 Å². The number of imide groups is 1. The van der Waals surface area contributed by atoms with E-state index >= 15 is 0 Å². The molecule has 0 N–H and O–H groups in total. The van der Waals surface area contributed by atoms with Gasteiger partial charge in [-0.1, -0.05) is 37.3 Å². The van der Waals surface area contributed by atoms with Crippen LogP contribution in [0.3, 0.4) is 0 Å². The quantitative estimate of drug-likeness (QED) is 0.693. The second kappa shape index (κ2) is 8.69. The molecule has 0 aliphatic carbocycles. The van der Waals surface area contributed by atoms with Gasteiger partial charge in [0.2, 0.25) is 11.8 Å². The number of amides is 3. The highest BCUT2D eigenvalue weighted by atomic mass is 16.5. The molecular formula is C22H24N2O4. The van der Waals surface area contributed by atoms with Crippen molar-refractivity contribution in [2.24, 2.45) is 0 Å². The molecule has 0 aromatic heterocycles. The SMILES string of the molecule is CCC(=O)N(CCc1ccc(OC)cc1)[C@H]1CC(=O)N(c2ccccc2)C1=O. The summed E-state index contributed by atoms with van der Waals surface area (Å²) in [7, 11) is 1.61. The molecule has 1 aliphatic rings. The van der Waals surface area contributed by atoms with Gasteiger partial charge in [-0.15, -0.1) is 0 Å². The lowest BCUT2D eigenvalue weighted by molar-refractivity contribution is -0.138. The van der Waals surface area contributed by atoms with Crippen molar-refractivity contribution in [2.75, 3.05) is 18.6 Å². The predicted octanol–water partition coefficient (Wildman–Crippen LogP) is 2.81. The highest BCUT2D eigenvalue weighted by Crippen LogP contribution is 2.26. The van der Waals surface area contributed by atoms with Gasteiger partial charge >= 0.3 is 0 Å². The number of ether oxygens (including phenoxy) is 1. The maximum atomic E-state index is 13.0. The summed E-state index contributed by atoms with van der Waals surface area (Å²) in [6.07, 6.45) is 0.896. The van der Waals surface area contributed by atoms with Crippen molar-refractivity contribution >= 4 is 23.4 Å². The number of anilines is 1. The lowest BCUT2D eigenvalue weighted by Crippen LogP contribution is -2.46. The van der Waals surface area contributed by atoms with Crippen molar-refractivity contribution in [3.05, 3.63) is 60.2 Å². The van der Waals surface area contributed by atoms with Crippen LogP contribution in [0.15, 0.2) is 54.6 Å². The molecule has 2 aromatic rings. The normalized spacial score (nSPS) is 16.4. The Balaban J connectivity index is 1.76. The van der Waals surface area contributed by atoms with Gasteiger partial charge in [-0.05, 0) is 36.2 Å². The smallest absolute Gasteiger partial charge is 0.257 e. The minimum atomic E-state index is -0.751. The summed E-state index contributed by atoms with van der Waals surface area (Å²) in [5.41, 5.74) is 1.57. The van der Waals surface area contributed by atoms with Crippen LogP contribution in [-0.4, -0.2) is 42.3 Å². The van der Waals surface area contributed by atoms with Gasteiger partial charge in [0.25, 0.3) is 5.91 Å². The van der Waals surface area contributed by atoms with Crippen LogP contribution in [0, 0.1) is 0 Å². The van der Waals surface area contributed by atoms with E-state index in [1.807, 2.05) is 30.3 Å². The number of hydrogen-bond acceptors (Lipinski definition) is 4. The Bertz CT molecular complexity index is 849. The molecule has 1 atom stereocenters. The fourth-order valence-corrected chi connectivity index (χ4v) is 3.41. The minimum Gasteiger partial charge on any atom is -0.497 e. The first-order chi connectivity index (χ1) is 13.5. The summed E-state index contributed by atoms with van der Waals surface area (Å²) in [5, 5.41) is 0. The van der Waals surface area contributed by atoms with Crippen molar-refractivity contribution in [1.82, 2.24) is 4.90 Å². The summed E-state index contributed by atoms with van der Waals surface area (Å²) in [6, 6.07) is 15.7. The lowest BCUT2D eigenvalue weighted by atomic mass is 10.1. The van der Waals surface area contributed by atoms with Crippen molar-refractivity contribution in [1.29, 1.82) is 0 Å². The number of nitrogens with zero attached hydrogens (tertiary/aromatic N) is 2. The minimum absolute atomic E-state index is 0.0160. The molecule has 0 radical (unpaired) electrons. The molecule has 3 rings (SSSR count). The maximum absolute atomic E-state index is 13.0. The lowest BCUT2D eigenvalue weighted by Gasteiger charge is -2.27. The second-order valence-corrected chi connectivity index (χ2v) is 6.66. The summed E-state index contributed by atoms with van der Waals surface area (Å²) in [4.78, 5) is 40.8. The van der Waals surface area contributed by atoms with E-state index in [2.05, 4.69) is 0 Å². The zero-order valence-electron chi connectivity index (χ0n) is 16.1. The van der Waals surface area contributed by atoms with Crippen LogP contribution in [-0.2, 0) is 20.8 Å². The molecule has 6 heteroatoms. The van der Waals surface area contributed by atoms with E-state index in [4.69, 9.17) is 4.74 Å². The van der Waals surface area contributed by atoms with Crippen molar-refractivity contribution in [3.63, 3.8) is 0 Å². The van der Waals surface area contributed by atoms with Crippen molar-refractivity contribution < 1.29 is 19.1 Å². The Morgan fingerprint density at radius 3 is 2.39 bits per heavy atom. The Morgan fingerprint density at radius 2 is 1.79 bits per heavy atom. The van der Waals surface area contributed by atoms with Crippen LogP contribution in [0.4, 0.5) is 5.69 Å². The molecule has 0 spiro atoms. The molecule has 1 fully saturated rings. The van der Waals surface area contributed by atoms with Crippen molar-refractivity contribution in [2.45, 2.75) is 32.2 Å². The van der Waals surface area contributed by atoms with E-state index < -0.39 is 6.04 Å². The summed E-state index contributed by atoms with van der Waals surface area (Å²) >= 11 is 0. The van der Waals surface area contributed by atoms with Gasteiger partial charge in [-0.2, -0.15) is 0 Å². The summed E-state index contributed by atoms with van der Waals surface area (Å²) in [6.45, 7) is 2.14. The van der Waals surface area contributed by atoms with Gasteiger partial charge < -0.3 is 9.64 Å². The summed E-state index contributed by atoms with van der Waals surface area (Å²) < 4.78 is 5.16. The van der Waals surface area contributed by atoms with Crippen LogP contribution in [0.1, 0.15) is 25.3 Å². The molecule has 1 aliphatic heterocycles. The Hall–Kier alpha value is -3.15. The molecule has 0 bridgehead atoms. The molecule has 6 nitrogen and oxygen atoms in total. The number of methoxy groups -OCH3 is 1. The number of carbonyl (C=O) groups is 3. The first-order valence-electron chi connectivity index (χ1n) is 9.39. The van der Waals surface area contributed by atoms with Crippen molar-refractivity contribution in [3.8, 4) is 5.75 Å². The largest absolute Gasteiger partial charge is 0.497 e. The van der Waals surface area contributed by atoms with Crippen LogP contribution in [0.25, 0.3) is 0 Å².